The van der Waals surface area contributed by atoms with Crippen molar-refractivity contribution >= 4 is 11.8 Å². The zero-order chi connectivity index (χ0) is 23.4. The first-order valence-electron chi connectivity index (χ1n) is 11.0. The van der Waals surface area contributed by atoms with Gasteiger partial charge in [-0.3, -0.25) is 0 Å². The van der Waals surface area contributed by atoms with E-state index in [4.69, 9.17) is 4.42 Å². The number of nitrogens with zero attached hydrogens (tertiary/aromatic N) is 5. The minimum atomic E-state index is -4.29. The van der Waals surface area contributed by atoms with Gasteiger partial charge in [0.15, 0.2) is 17.3 Å². The van der Waals surface area contributed by atoms with Crippen molar-refractivity contribution in [1.29, 1.82) is 0 Å². The fraction of sp³-hybridized carbons (Fsp3) is 0.522. The van der Waals surface area contributed by atoms with E-state index in [1.807, 2.05) is 25.5 Å². The quantitative estimate of drug-likeness (QED) is 0.358. The maximum atomic E-state index is 13.0. The summed E-state index contributed by atoms with van der Waals surface area (Å²) >= 11 is 1.66. The van der Waals surface area contributed by atoms with Gasteiger partial charge in [-0.25, -0.2) is 4.98 Å². The monoisotopic (exact) mass is 477 g/mol. The van der Waals surface area contributed by atoms with E-state index >= 15 is 0 Å². The molecule has 0 radical (unpaired) electrons. The number of oxazole rings is 1. The van der Waals surface area contributed by atoms with Crippen LogP contribution in [0.2, 0.25) is 0 Å². The molecular formula is C23H26F3N5OS. The Kier molecular flexibility index (Phi) is 5.55. The number of hydrogen-bond acceptors (Lipinski definition) is 6. The Morgan fingerprint density at radius 2 is 2.06 bits per heavy atom. The van der Waals surface area contributed by atoms with Gasteiger partial charge in [0.05, 0.1) is 11.3 Å². The van der Waals surface area contributed by atoms with Crippen LogP contribution in [0.3, 0.4) is 0 Å². The van der Waals surface area contributed by atoms with Crippen LogP contribution in [0.25, 0.3) is 11.6 Å². The van der Waals surface area contributed by atoms with Gasteiger partial charge in [-0.15, -0.1) is 10.2 Å². The fourth-order valence-corrected chi connectivity index (χ4v) is 6.01. The highest BCUT2D eigenvalue weighted by atomic mass is 32.2. The van der Waals surface area contributed by atoms with Crippen molar-refractivity contribution in [2.45, 2.75) is 43.4 Å². The van der Waals surface area contributed by atoms with Crippen LogP contribution in [0.1, 0.15) is 35.2 Å². The molecule has 176 valence electrons. The summed E-state index contributed by atoms with van der Waals surface area (Å²) in [6.07, 6.45) is -0.803. The van der Waals surface area contributed by atoms with Gasteiger partial charge in [-0.05, 0) is 62.4 Å². The molecule has 0 amide bonds. The number of alkyl halides is 3. The van der Waals surface area contributed by atoms with Gasteiger partial charge in [0, 0.05) is 31.3 Å². The van der Waals surface area contributed by atoms with Gasteiger partial charge in [0.2, 0.25) is 5.82 Å². The van der Waals surface area contributed by atoms with Crippen molar-refractivity contribution < 1.29 is 17.6 Å². The average Bonchev–Trinajstić information content (AvgIpc) is 3.06. The fourth-order valence-electron chi connectivity index (χ4n) is 5.18. The van der Waals surface area contributed by atoms with Gasteiger partial charge in [-0.1, -0.05) is 17.8 Å². The standard InChI is InChI=1S/C23H26F3N5OS/c1-14-9-16(23(24,25)26)5-6-18(14)22-10-17(22)11-31(12-22)7-4-8-33-21-29-28-20(30(21)3)19-15(2)27-13-32-19/h5-6,9,13,17H,4,7-8,10-12H2,1-3H3/t17-,22?/m1/s1. The maximum absolute atomic E-state index is 13.0. The molecular weight excluding hydrogens is 451 g/mol. The first-order chi connectivity index (χ1) is 15.7. The van der Waals surface area contributed by atoms with Crippen LogP contribution in [-0.4, -0.2) is 50.0 Å². The number of halogens is 3. The summed E-state index contributed by atoms with van der Waals surface area (Å²) in [5.74, 6) is 2.76. The smallest absolute Gasteiger partial charge is 0.416 e. The maximum Gasteiger partial charge on any atom is 0.416 e. The van der Waals surface area contributed by atoms with Gasteiger partial charge in [-0.2, -0.15) is 13.2 Å². The van der Waals surface area contributed by atoms with Crippen LogP contribution in [0.5, 0.6) is 0 Å². The Bertz CT molecular complexity index is 1170. The Morgan fingerprint density at radius 3 is 2.76 bits per heavy atom. The third kappa shape index (κ3) is 4.07. The predicted molar refractivity (Wildman–Crippen MR) is 119 cm³/mol. The van der Waals surface area contributed by atoms with E-state index in [2.05, 4.69) is 20.1 Å². The first-order valence-corrected chi connectivity index (χ1v) is 12.0. The normalized spacial score (nSPS) is 22.7. The SMILES string of the molecule is Cc1cc(C(F)(F)F)ccc1C12C[C@@H]1CN(CCCSc1nnc(-c3ocnc3C)n1C)C2. The van der Waals surface area contributed by atoms with E-state index in [-0.39, 0.29) is 5.41 Å². The van der Waals surface area contributed by atoms with Crippen LogP contribution in [0, 0.1) is 19.8 Å². The van der Waals surface area contributed by atoms with Crippen LogP contribution in [-0.2, 0) is 18.6 Å². The lowest BCUT2D eigenvalue weighted by Gasteiger charge is -2.22. The molecule has 2 fully saturated rings. The van der Waals surface area contributed by atoms with Crippen LogP contribution >= 0.6 is 11.8 Å². The topological polar surface area (TPSA) is 60.0 Å². The zero-order valence-electron chi connectivity index (χ0n) is 18.8. The van der Waals surface area contributed by atoms with Crippen LogP contribution in [0.15, 0.2) is 34.2 Å². The Labute approximate surface area is 194 Å². The molecule has 1 aliphatic carbocycles. The molecule has 2 aromatic heterocycles. The van der Waals surface area contributed by atoms with E-state index in [0.717, 1.165) is 60.2 Å². The summed E-state index contributed by atoms with van der Waals surface area (Å²) in [4.78, 5) is 6.56. The number of rotatable bonds is 7. The lowest BCUT2D eigenvalue weighted by Crippen LogP contribution is -2.28. The van der Waals surface area contributed by atoms with Crippen molar-refractivity contribution in [3.63, 3.8) is 0 Å². The molecule has 10 heteroatoms. The predicted octanol–water partition coefficient (Wildman–Crippen LogP) is 4.86. The molecule has 33 heavy (non-hydrogen) atoms. The van der Waals surface area contributed by atoms with Crippen molar-refractivity contribution in [1.82, 2.24) is 24.6 Å². The first kappa shape index (κ1) is 22.5. The number of fused-ring (bicyclic) bond motifs is 1. The summed E-state index contributed by atoms with van der Waals surface area (Å²) in [6.45, 7) is 6.59. The summed E-state index contributed by atoms with van der Waals surface area (Å²) in [5, 5.41) is 9.36. The Balaban J connectivity index is 1.15. The number of piperidine rings is 1. The van der Waals surface area contributed by atoms with Gasteiger partial charge < -0.3 is 13.9 Å². The largest absolute Gasteiger partial charge is 0.440 e. The van der Waals surface area contributed by atoms with Gasteiger partial charge in [0.1, 0.15) is 0 Å². The highest BCUT2D eigenvalue weighted by molar-refractivity contribution is 7.99. The van der Waals surface area contributed by atoms with Crippen LogP contribution in [0.4, 0.5) is 13.2 Å². The number of likely N-dealkylation sites (tertiary alicyclic amines) is 1. The summed E-state index contributed by atoms with van der Waals surface area (Å²) in [7, 11) is 1.92. The van der Waals surface area contributed by atoms with Gasteiger partial charge >= 0.3 is 6.18 Å². The molecule has 1 saturated heterocycles. The third-order valence-corrected chi connectivity index (χ3v) is 8.05. The van der Waals surface area contributed by atoms with Crippen molar-refractivity contribution in [2.75, 3.05) is 25.4 Å². The Hall–Kier alpha value is -2.33. The average molecular weight is 478 g/mol. The molecule has 5 rings (SSSR count). The lowest BCUT2D eigenvalue weighted by molar-refractivity contribution is -0.137. The summed E-state index contributed by atoms with van der Waals surface area (Å²) in [5.41, 5.74) is 2.10. The summed E-state index contributed by atoms with van der Waals surface area (Å²) in [6, 6.07) is 4.24. The molecule has 1 unspecified atom stereocenters. The third-order valence-electron chi connectivity index (χ3n) is 6.94. The highest BCUT2D eigenvalue weighted by Crippen LogP contribution is 2.59. The molecule has 1 saturated carbocycles. The van der Waals surface area contributed by atoms with E-state index < -0.39 is 11.7 Å². The van der Waals surface area contributed by atoms with Crippen LogP contribution < -0.4 is 0 Å². The summed E-state index contributed by atoms with van der Waals surface area (Å²) < 4.78 is 46.4. The molecule has 1 aromatic carbocycles. The molecule has 6 nitrogen and oxygen atoms in total. The zero-order valence-corrected chi connectivity index (χ0v) is 19.6. The van der Waals surface area contributed by atoms with E-state index in [0.29, 0.717) is 17.5 Å². The molecule has 3 aromatic rings. The van der Waals surface area contributed by atoms with E-state index in [1.54, 1.807) is 17.8 Å². The number of thioether (sulfide) groups is 1. The number of benzene rings is 1. The molecule has 0 spiro atoms. The molecule has 3 heterocycles. The molecule has 1 aliphatic heterocycles. The van der Waals surface area contributed by atoms with Crippen molar-refractivity contribution in [3.05, 3.63) is 47.0 Å². The number of hydrogen-bond donors (Lipinski definition) is 0. The highest BCUT2D eigenvalue weighted by Gasteiger charge is 2.60. The Morgan fingerprint density at radius 1 is 1.24 bits per heavy atom. The van der Waals surface area contributed by atoms with Crippen molar-refractivity contribution in [2.24, 2.45) is 13.0 Å². The second-order valence-corrected chi connectivity index (χ2v) is 10.2. The second kappa shape index (κ2) is 8.16. The minimum absolute atomic E-state index is 0.0365. The number of aryl methyl sites for hydroxylation is 2. The van der Waals surface area contributed by atoms with Crippen molar-refractivity contribution in [3.8, 4) is 11.6 Å². The molecule has 0 N–H and O–H groups in total. The second-order valence-electron chi connectivity index (χ2n) is 9.15. The van der Waals surface area contributed by atoms with E-state index in [1.165, 1.54) is 18.5 Å². The molecule has 2 atom stereocenters. The minimum Gasteiger partial charge on any atom is -0.440 e. The molecule has 0 bridgehead atoms. The van der Waals surface area contributed by atoms with E-state index in [9.17, 15) is 13.2 Å². The molecule has 2 aliphatic rings. The number of aromatic nitrogens is 4. The lowest BCUT2D eigenvalue weighted by atomic mass is 9.90. The van der Waals surface area contributed by atoms with Gasteiger partial charge in [0.25, 0.3) is 0 Å².